The smallest absolute Gasteiger partial charge is 0.325 e. The Hall–Kier alpha value is -2.83. The van der Waals surface area contributed by atoms with Gasteiger partial charge in [-0.25, -0.2) is 4.79 Å². The van der Waals surface area contributed by atoms with Gasteiger partial charge in [-0.05, 0) is 24.6 Å². The number of anilines is 1. The number of carbonyl (C=O) groups excluding carboxylic acids is 1. The van der Waals surface area contributed by atoms with Gasteiger partial charge in [-0.3, -0.25) is 14.6 Å². The molecule has 0 fully saturated rings. The van der Waals surface area contributed by atoms with Crippen molar-refractivity contribution in [2.75, 3.05) is 11.9 Å². The highest BCUT2D eigenvalue weighted by atomic mass is 16.5. The summed E-state index contributed by atoms with van der Waals surface area (Å²) in [7, 11) is 0. The summed E-state index contributed by atoms with van der Waals surface area (Å²) in [5, 5.41) is 2.43. The standard InChI is InChI=1S/C14H15N3O4/c1-2-6-21-10-5-3-4-9(7-10)12(18)16-11-8-15-14(20)17-13(11)19/h3-5,7-8H,2,6H2,1H3,(H,16,18)(H2,15,17,19,20). The van der Waals surface area contributed by atoms with E-state index in [1.807, 2.05) is 11.9 Å². The first-order valence-corrected chi connectivity index (χ1v) is 6.46. The maximum Gasteiger partial charge on any atom is 0.325 e. The van der Waals surface area contributed by atoms with E-state index in [4.69, 9.17) is 4.74 Å². The summed E-state index contributed by atoms with van der Waals surface area (Å²) in [5.74, 6) is 0.120. The number of amides is 1. The van der Waals surface area contributed by atoms with Gasteiger partial charge in [0.15, 0.2) is 0 Å². The van der Waals surface area contributed by atoms with E-state index in [-0.39, 0.29) is 5.69 Å². The van der Waals surface area contributed by atoms with Gasteiger partial charge in [0, 0.05) is 11.8 Å². The first-order valence-electron chi connectivity index (χ1n) is 6.46. The van der Waals surface area contributed by atoms with Crippen molar-refractivity contribution in [3.63, 3.8) is 0 Å². The maximum absolute atomic E-state index is 12.1. The molecule has 3 N–H and O–H groups in total. The van der Waals surface area contributed by atoms with Crippen molar-refractivity contribution < 1.29 is 9.53 Å². The molecule has 0 radical (unpaired) electrons. The molecular formula is C14H15N3O4. The molecule has 7 heteroatoms. The summed E-state index contributed by atoms with van der Waals surface area (Å²) in [6.07, 6.45) is 2.01. The quantitative estimate of drug-likeness (QED) is 0.766. The lowest BCUT2D eigenvalue weighted by Gasteiger charge is -2.07. The van der Waals surface area contributed by atoms with E-state index in [1.54, 1.807) is 24.3 Å². The number of rotatable bonds is 5. The third kappa shape index (κ3) is 3.82. The van der Waals surface area contributed by atoms with Gasteiger partial charge in [0.25, 0.3) is 11.5 Å². The van der Waals surface area contributed by atoms with Crippen molar-refractivity contribution in [2.24, 2.45) is 0 Å². The van der Waals surface area contributed by atoms with E-state index in [1.165, 1.54) is 0 Å². The van der Waals surface area contributed by atoms with Gasteiger partial charge in [-0.15, -0.1) is 0 Å². The van der Waals surface area contributed by atoms with E-state index >= 15 is 0 Å². The number of aromatic amines is 2. The van der Waals surface area contributed by atoms with Crippen LogP contribution in [0.4, 0.5) is 5.69 Å². The zero-order valence-electron chi connectivity index (χ0n) is 11.4. The summed E-state index contributed by atoms with van der Waals surface area (Å²) in [6, 6.07) is 6.63. The average molecular weight is 289 g/mol. The number of H-pyrrole nitrogens is 2. The Morgan fingerprint density at radius 1 is 1.33 bits per heavy atom. The SMILES string of the molecule is CCCOc1cccc(C(=O)Nc2c[nH]c(=O)[nH]c2=O)c1. The highest BCUT2D eigenvalue weighted by Gasteiger charge is 2.09. The van der Waals surface area contributed by atoms with Crippen molar-refractivity contribution in [1.82, 2.24) is 9.97 Å². The Morgan fingerprint density at radius 3 is 2.86 bits per heavy atom. The molecule has 0 bridgehead atoms. The molecule has 0 saturated heterocycles. The van der Waals surface area contributed by atoms with Crippen LogP contribution in [0.1, 0.15) is 23.7 Å². The van der Waals surface area contributed by atoms with Gasteiger partial charge in [0.2, 0.25) is 0 Å². The number of nitrogens with one attached hydrogen (secondary N) is 3. The third-order valence-corrected chi connectivity index (χ3v) is 2.64. The maximum atomic E-state index is 12.1. The molecule has 0 unspecified atom stereocenters. The first-order chi connectivity index (χ1) is 10.1. The number of hydrogen-bond acceptors (Lipinski definition) is 4. The Kier molecular flexibility index (Phi) is 4.55. The first kappa shape index (κ1) is 14.6. The second-order valence-corrected chi connectivity index (χ2v) is 4.32. The van der Waals surface area contributed by atoms with Gasteiger partial charge in [0.1, 0.15) is 11.4 Å². The van der Waals surface area contributed by atoms with Crippen LogP contribution in [0.5, 0.6) is 5.75 Å². The molecule has 0 saturated carbocycles. The van der Waals surface area contributed by atoms with Crippen molar-refractivity contribution in [3.8, 4) is 5.75 Å². The third-order valence-electron chi connectivity index (χ3n) is 2.64. The fourth-order valence-corrected chi connectivity index (χ4v) is 1.64. The molecule has 0 spiro atoms. The summed E-state index contributed by atoms with van der Waals surface area (Å²) in [5.41, 5.74) is -0.966. The van der Waals surface area contributed by atoms with Gasteiger partial charge >= 0.3 is 5.69 Å². The van der Waals surface area contributed by atoms with Crippen LogP contribution in [0, 0.1) is 0 Å². The number of aromatic nitrogens is 2. The highest BCUT2D eigenvalue weighted by molar-refractivity contribution is 6.04. The van der Waals surface area contributed by atoms with Crippen LogP contribution in [0.3, 0.4) is 0 Å². The molecule has 1 heterocycles. The Balaban J connectivity index is 2.16. The fourth-order valence-electron chi connectivity index (χ4n) is 1.64. The van der Waals surface area contributed by atoms with Crippen LogP contribution in [0.25, 0.3) is 0 Å². The van der Waals surface area contributed by atoms with Gasteiger partial charge in [-0.2, -0.15) is 0 Å². The minimum atomic E-state index is -0.662. The van der Waals surface area contributed by atoms with Crippen molar-refractivity contribution in [1.29, 1.82) is 0 Å². The van der Waals surface area contributed by atoms with E-state index in [0.717, 1.165) is 12.6 Å². The van der Waals surface area contributed by atoms with Crippen molar-refractivity contribution >= 4 is 11.6 Å². The van der Waals surface area contributed by atoms with Gasteiger partial charge < -0.3 is 15.0 Å². The second-order valence-electron chi connectivity index (χ2n) is 4.32. The fraction of sp³-hybridized carbons (Fsp3) is 0.214. The van der Waals surface area contributed by atoms with Gasteiger partial charge in [0.05, 0.1) is 6.61 Å². The molecule has 2 aromatic rings. The highest BCUT2D eigenvalue weighted by Crippen LogP contribution is 2.14. The van der Waals surface area contributed by atoms with Crippen molar-refractivity contribution in [3.05, 3.63) is 56.9 Å². The molecule has 0 aliphatic rings. The van der Waals surface area contributed by atoms with E-state index in [0.29, 0.717) is 17.9 Å². The summed E-state index contributed by atoms with van der Waals surface area (Å²) >= 11 is 0. The second kappa shape index (κ2) is 6.56. The topological polar surface area (TPSA) is 104 Å². The predicted molar refractivity (Wildman–Crippen MR) is 77.9 cm³/mol. The molecule has 0 atom stereocenters. The molecule has 1 aromatic heterocycles. The van der Waals surface area contributed by atoms with Crippen LogP contribution >= 0.6 is 0 Å². The Labute approximate surface area is 120 Å². The average Bonchev–Trinajstić information content (AvgIpc) is 2.48. The number of benzene rings is 1. The zero-order chi connectivity index (χ0) is 15.2. The van der Waals surface area contributed by atoms with Crippen LogP contribution in [-0.4, -0.2) is 22.5 Å². The molecule has 110 valence electrons. The van der Waals surface area contributed by atoms with Crippen molar-refractivity contribution in [2.45, 2.75) is 13.3 Å². The molecule has 7 nitrogen and oxygen atoms in total. The van der Waals surface area contributed by atoms with Gasteiger partial charge in [-0.1, -0.05) is 13.0 Å². The molecule has 0 aliphatic heterocycles. The normalized spacial score (nSPS) is 10.1. The predicted octanol–water partition coefficient (Wildman–Crippen LogP) is 1.10. The Bertz CT molecular complexity index is 748. The molecule has 0 aliphatic carbocycles. The van der Waals surface area contributed by atoms with E-state index in [9.17, 15) is 14.4 Å². The molecular weight excluding hydrogens is 274 g/mol. The minimum Gasteiger partial charge on any atom is -0.494 e. The lowest BCUT2D eigenvalue weighted by molar-refractivity contribution is 0.102. The largest absolute Gasteiger partial charge is 0.494 e. The molecule has 1 aromatic carbocycles. The lowest BCUT2D eigenvalue weighted by Crippen LogP contribution is -2.26. The summed E-state index contributed by atoms with van der Waals surface area (Å²) in [6.45, 7) is 2.55. The summed E-state index contributed by atoms with van der Waals surface area (Å²) < 4.78 is 5.44. The molecule has 21 heavy (non-hydrogen) atoms. The van der Waals surface area contributed by atoms with Crippen LogP contribution in [0.15, 0.2) is 40.1 Å². The molecule has 2 rings (SSSR count). The van der Waals surface area contributed by atoms with Crippen LogP contribution in [0.2, 0.25) is 0 Å². The van der Waals surface area contributed by atoms with Crippen LogP contribution < -0.4 is 21.3 Å². The van der Waals surface area contributed by atoms with E-state index in [2.05, 4.69) is 10.3 Å². The van der Waals surface area contributed by atoms with E-state index < -0.39 is 17.2 Å². The lowest BCUT2D eigenvalue weighted by atomic mass is 10.2. The Morgan fingerprint density at radius 2 is 2.14 bits per heavy atom. The summed E-state index contributed by atoms with van der Waals surface area (Å²) in [4.78, 5) is 38.8. The van der Waals surface area contributed by atoms with Crippen LogP contribution in [-0.2, 0) is 0 Å². The monoisotopic (exact) mass is 289 g/mol. The molecule has 1 amide bonds. The number of ether oxygens (including phenoxy) is 1. The number of hydrogen-bond donors (Lipinski definition) is 3. The number of carbonyl (C=O) groups is 1. The minimum absolute atomic E-state index is 0.0283. The zero-order valence-corrected chi connectivity index (χ0v) is 11.4.